The van der Waals surface area contributed by atoms with Gasteiger partial charge in [0.25, 0.3) is 0 Å². The summed E-state index contributed by atoms with van der Waals surface area (Å²) < 4.78 is 2.13. The molecule has 2 rings (SSSR count). The van der Waals surface area contributed by atoms with Gasteiger partial charge in [-0.15, -0.1) is 0 Å². The lowest BCUT2D eigenvalue weighted by Gasteiger charge is -2.08. The van der Waals surface area contributed by atoms with Crippen LogP contribution in [-0.4, -0.2) is 27.9 Å². The molecule has 1 aromatic heterocycles. The highest BCUT2D eigenvalue weighted by molar-refractivity contribution is 5.82. The molecule has 1 N–H and O–H groups in total. The quantitative estimate of drug-likeness (QED) is 0.843. The van der Waals surface area contributed by atoms with Crippen molar-refractivity contribution in [2.24, 2.45) is 0 Å². The highest BCUT2D eigenvalue weighted by Gasteiger charge is 2.12. The first-order chi connectivity index (χ1) is 9.61. The zero-order chi connectivity index (χ0) is 14.5. The van der Waals surface area contributed by atoms with E-state index >= 15 is 0 Å². The van der Waals surface area contributed by atoms with Gasteiger partial charge in [-0.25, -0.2) is 4.98 Å². The maximum atomic E-state index is 12.0. The summed E-state index contributed by atoms with van der Waals surface area (Å²) in [4.78, 5) is 16.6. The molecular weight excluding hydrogens is 250 g/mol. The third kappa shape index (κ3) is 3.45. The monoisotopic (exact) mass is 273 g/mol. The largest absolute Gasteiger partial charge is 0.328 e. The molecule has 1 heterocycles. The van der Waals surface area contributed by atoms with Gasteiger partial charge in [0.05, 0.1) is 17.5 Å². The molecule has 0 aliphatic rings. The Morgan fingerprint density at radius 2 is 2.10 bits per heavy atom. The van der Waals surface area contributed by atoms with Crippen LogP contribution in [-0.2, 0) is 17.8 Å². The van der Waals surface area contributed by atoms with Crippen molar-refractivity contribution in [3.8, 4) is 0 Å². The van der Waals surface area contributed by atoms with E-state index in [1.165, 1.54) is 0 Å². The summed E-state index contributed by atoms with van der Waals surface area (Å²) in [5.41, 5.74) is 2.08. The molecule has 0 spiro atoms. The van der Waals surface area contributed by atoms with Crippen LogP contribution in [0.1, 0.15) is 33.0 Å². The summed E-state index contributed by atoms with van der Waals surface area (Å²) in [7, 11) is 0. The molecule has 0 radical (unpaired) electrons. The van der Waals surface area contributed by atoms with Gasteiger partial charge < -0.3 is 9.88 Å². The number of aryl methyl sites for hydroxylation is 1. The molecule has 0 aliphatic heterocycles. The second-order valence-corrected chi connectivity index (χ2v) is 5.34. The average molecular weight is 273 g/mol. The number of carbonyl (C=O) groups excluding carboxylic acids is 1. The Hall–Kier alpha value is -1.68. The summed E-state index contributed by atoms with van der Waals surface area (Å²) in [6, 6.07) is 8.46. The first kappa shape index (κ1) is 14.7. The topological polar surface area (TPSA) is 46.9 Å². The first-order valence-electron chi connectivity index (χ1n) is 7.31. The summed E-state index contributed by atoms with van der Waals surface area (Å²) >= 11 is 0. The molecule has 4 nitrogen and oxygen atoms in total. The van der Waals surface area contributed by atoms with Crippen LogP contribution >= 0.6 is 0 Å². The van der Waals surface area contributed by atoms with Crippen molar-refractivity contribution in [3.05, 3.63) is 30.1 Å². The fraction of sp³-hybridized carbons (Fsp3) is 0.500. The lowest BCUT2D eigenvalue weighted by Crippen LogP contribution is -2.26. The Morgan fingerprint density at radius 1 is 1.35 bits per heavy atom. The maximum absolute atomic E-state index is 12.0. The Kier molecular flexibility index (Phi) is 4.90. The minimum Gasteiger partial charge on any atom is -0.328 e. The number of hydrogen-bond acceptors (Lipinski definition) is 3. The summed E-state index contributed by atoms with van der Waals surface area (Å²) in [5, 5.41) is 3.27. The Bertz CT molecular complexity index is 586. The van der Waals surface area contributed by atoms with Gasteiger partial charge in [0.15, 0.2) is 0 Å². The number of carbonyl (C=O) groups is 1. The zero-order valence-corrected chi connectivity index (χ0v) is 12.5. The third-order valence-corrected chi connectivity index (χ3v) is 3.36. The number of fused-ring (bicyclic) bond motifs is 1. The van der Waals surface area contributed by atoms with Gasteiger partial charge in [-0.3, -0.25) is 4.79 Å². The third-order valence-electron chi connectivity index (χ3n) is 3.36. The molecule has 0 fully saturated rings. The number of Topliss-reactive ketones (excluding diaryl/α,β-unsaturated/α-hetero) is 1. The maximum Gasteiger partial charge on any atom is 0.141 e. The van der Waals surface area contributed by atoms with E-state index in [-0.39, 0.29) is 5.78 Å². The molecule has 0 saturated heterocycles. The Morgan fingerprint density at radius 3 is 2.80 bits per heavy atom. The predicted molar refractivity (Wildman–Crippen MR) is 81.9 cm³/mol. The molecule has 0 bridgehead atoms. The average Bonchev–Trinajstić information content (AvgIpc) is 2.75. The van der Waals surface area contributed by atoms with Crippen LogP contribution in [0.25, 0.3) is 11.0 Å². The number of para-hydroxylation sites is 2. The van der Waals surface area contributed by atoms with Crippen LogP contribution in [0.4, 0.5) is 0 Å². The van der Waals surface area contributed by atoms with Crippen molar-refractivity contribution in [2.75, 3.05) is 6.54 Å². The van der Waals surface area contributed by atoms with E-state index in [2.05, 4.69) is 41.7 Å². The number of nitrogens with zero attached hydrogens (tertiary/aromatic N) is 2. The van der Waals surface area contributed by atoms with Gasteiger partial charge >= 0.3 is 0 Å². The van der Waals surface area contributed by atoms with E-state index in [1.807, 2.05) is 18.2 Å². The summed E-state index contributed by atoms with van der Waals surface area (Å²) in [6.07, 6.45) is 0.980. The van der Waals surface area contributed by atoms with Crippen LogP contribution in [0.2, 0.25) is 0 Å². The molecule has 108 valence electrons. The molecule has 0 amide bonds. The van der Waals surface area contributed by atoms with Gasteiger partial charge in [0, 0.05) is 25.6 Å². The van der Waals surface area contributed by atoms with Gasteiger partial charge in [-0.1, -0.05) is 26.0 Å². The van der Waals surface area contributed by atoms with Crippen LogP contribution in [0.5, 0.6) is 0 Å². The molecule has 0 aliphatic carbocycles. The summed E-state index contributed by atoms with van der Waals surface area (Å²) in [6.45, 7) is 7.83. The van der Waals surface area contributed by atoms with E-state index in [0.717, 1.165) is 29.9 Å². The molecule has 0 atom stereocenters. The number of imidazole rings is 1. The highest BCUT2D eigenvalue weighted by atomic mass is 16.1. The van der Waals surface area contributed by atoms with E-state index in [4.69, 9.17) is 0 Å². The van der Waals surface area contributed by atoms with Gasteiger partial charge in [0.2, 0.25) is 0 Å². The smallest absolute Gasteiger partial charge is 0.141 e. The van der Waals surface area contributed by atoms with Crippen molar-refractivity contribution in [2.45, 2.75) is 46.2 Å². The lowest BCUT2D eigenvalue weighted by atomic mass is 10.2. The lowest BCUT2D eigenvalue weighted by molar-refractivity contribution is -0.118. The Balaban J connectivity index is 2.07. The highest BCUT2D eigenvalue weighted by Crippen LogP contribution is 2.16. The second-order valence-electron chi connectivity index (χ2n) is 5.34. The van der Waals surface area contributed by atoms with Crippen LogP contribution in [0, 0.1) is 0 Å². The van der Waals surface area contributed by atoms with Crippen molar-refractivity contribution < 1.29 is 4.79 Å². The van der Waals surface area contributed by atoms with Crippen LogP contribution in [0.15, 0.2) is 24.3 Å². The minimum atomic E-state index is 0.239. The molecule has 0 unspecified atom stereocenters. The number of ketones is 1. The molecule has 2 aromatic rings. The minimum absolute atomic E-state index is 0.239. The van der Waals surface area contributed by atoms with Crippen molar-refractivity contribution in [1.29, 1.82) is 0 Å². The number of nitrogens with one attached hydrogen (secondary N) is 1. The number of benzene rings is 1. The normalized spacial score (nSPS) is 11.4. The molecule has 4 heteroatoms. The van der Waals surface area contributed by atoms with Gasteiger partial charge in [0.1, 0.15) is 11.6 Å². The zero-order valence-electron chi connectivity index (χ0n) is 12.5. The van der Waals surface area contributed by atoms with Crippen molar-refractivity contribution in [3.63, 3.8) is 0 Å². The van der Waals surface area contributed by atoms with E-state index in [0.29, 0.717) is 18.9 Å². The molecule has 1 aromatic carbocycles. The fourth-order valence-electron chi connectivity index (χ4n) is 2.38. The SMILES string of the molecule is CCn1c(CC(=O)CCNC(C)C)nc2ccccc21. The summed E-state index contributed by atoms with van der Waals surface area (Å²) in [5.74, 6) is 1.12. The van der Waals surface area contributed by atoms with Crippen molar-refractivity contribution in [1.82, 2.24) is 14.9 Å². The van der Waals surface area contributed by atoms with E-state index < -0.39 is 0 Å². The predicted octanol–water partition coefficient (Wildman–Crippen LogP) is 2.56. The van der Waals surface area contributed by atoms with E-state index in [1.54, 1.807) is 0 Å². The molecule has 20 heavy (non-hydrogen) atoms. The number of rotatable bonds is 7. The molecular formula is C16H23N3O. The Labute approximate surface area is 120 Å². The molecule has 0 saturated carbocycles. The van der Waals surface area contributed by atoms with Crippen LogP contribution in [0.3, 0.4) is 0 Å². The van der Waals surface area contributed by atoms with Gasteiger partial charge in [-0.2, -0.15) is 0 Å². The first-order valence-corrected chi connectivity index (χ1v) is 7.31. The van der Waals surface area contributed by atoms with Gasteiger partial charge in [-0.05, 0) is 19.1 Å². The standard InChI is InChI=1S/C16H23N3O/c1-4-19-15-8-6-5-7-14(15)18-16(19)11-13(20)9-10-17-12(2)3/h5-8,12,17H,4,9-11H2,1-3H3. The van der Waals surface area contributed by atoms with E-state index in [9.17, 15) is 4.79 Å². The fourth-order valence-corrected chi connectivity index (χ4v) is 2.38. The number of hydrogen-bond donors (Lipinski definition) is 1. The van der Waals surface area contributed by atoms with Crippen molar-refractivity contribution >= 4 is 16.8 Å². The number of aromatic nitrogens is 2. The second kappa shape index (κ2) is 6.66. The van der Waals surface area contributed by atoms with Crippen LogP contribution < -0.4 is 5.32 Å².